The van der Waals surface area contributed by atoms with E-state index in [-0.39, 0.29) is 18.2 Å². The van der Waals surface area contributed by atoms with Gasteiger partial charge >= 0.3 is 0 Å². The van der Waals surface area contributed by atoms with Gasteiger partial charge in [-0.1, -0.05) is 81.4 Å². The highest BCUT2D eigenvalue weighted by atomic mass is 28.4. The maximum Gasteiger partial charge on any atom is 0.261 e. The SMILES string of the molecule is CC1(C)O[C@@H]2[C@@H](CO[Si](c3ccccc3)(c3ccccc3)C(C)(C)C)OC(/C(C#N)=C/NCC#N)[C@@H]2O1. The molecule has 4 atom stereocenters. The Balaban J connectivity index is 1.69. The Labute approximate surface area is 220 Å². The predicted octanol–water partition coefficient (Wildman–Crippen LogP) is 3.37. The zero-order valence-corrected chi connectivity index (χ0v) is 23.1. The van der Waals surface area contributed by atoms with Crippen LogP contribution in [0.1, 0.15) is 34.6 Å². The smallest absolute Gasteiger partial charge is 0.261 e. The van der Waals surface area contributed by atoms with E-state index in [0.29, 0.717) is 5.57 Å². The largest absolute Gasteiger partial charge is 0.405 e. The summed E-state index contributed by atoms with van der Waals surface area (Å²) in [7, 11) is -2.78. The van der Waals surface area contributed by atoms with Gasteiger partial charge in [0.2, 0.25) is 0 Å². The van der Waals surface area contributed by atoms with E-state index >= 15 is 0 Å². The van der Waals surface area contributed by atoms with Gasteiger partial charge in [0.1, 0.15) is 31.0 Å². The van der Waals surface area contributed by atoms with E-state index in [4.69, 9.17) is 23.9 Å². The number of nitrogens with zero attached hydrogens (tertiary/aromatic N) is 2. The minimum Gasteiger partial charge on any atom is -0.405 e. The number of ether oxygens (including phenoxy) is 3. The maximum absolute atomic E-state index is 9.84. The molecule has 1 N–H and O–H groups in total. The number of fused-ring (bicyclic) bond motifs is 1. The summed E-state index contributed by atoms with van der Waals surface area (Å²) in [6.45, 7) is 10.8. The van der Waals surface area contributed by atoms with Crippen LogP contribution >= 0.6 is 0 Å². The Morgan fingerprint density at radius 1 is 1.00 bits per heavy atom. The first-order valence-corrected chi connectivity index (χ1v) is 14.5. The molecule has 0 saturated carbocycles. The van der Waals surface area contributed by atoms with Gasteiger partial charge < -0.3 is 24.0 Å². The van der Waals surface area contributed by atoms with Crippen molar-refractivity contribution < 1.29 is 18.6 Å². The zero-order valence-electron chi connectivity index (χ0n) is 22.1. The molecule has 2 aliphatic heterocycles. The Kier molecular flexibility index (Phi) is 7.89. The number of benzene rings is 2. The van der Waals surface area contributed by atoms with Crippen molar-refractivity contribution in [3.05, 3.63) is 72.4 Å². The van der Waals surface area contributed by atoms with E-state index in [0.717, 1.165) is 0 Å². The van der Waals surface area contributed by atoms with Gasteiger partial charge in [0.05, 0.1) is 24.3 Å². The summed E-state index contributed by atoms with van der Waals surface area (Å²) in [5, 5.41) is 23.7. The van der Waals surface area contributed by atoms with Crippen molar-refractivity contribution in [2.45, 2.75) is 69.9 Å². The zero-order chi connectivity index (χ0) is 26.7. The fraction of sp³-hybridized carbons (Fsp3) is 0.448. The van der Waals surface area contributed by atoms with Crippen LogP contribution in [0.2, 0.25) is 5.04 Å². The van der Waals surface area contributed by atoms with Crippen molar-refractivity contribution in [3.63, 3.8) is 0 Å². The summed E-state index contributed by atoms with van der Waals surface area (Å²) >= 11 is 0. The molecular formula is C29H35N3O4Si. The molecule has 194 valence electrons. The number of hydrogen-bond donors (Lipinski definition) is 1. The minimum absolute atomic E-state index is 0.0925. The van der Waals surface area contributed by atoms with E-state index in [1.807, 2.05) is 32.0 Å². The van der Waals surface area contributed by atoms with Crippen molar-refractivity contribution in [2.24, 2.45) is 0 Å². The molecule has 1 unspecified atom stereocenters. The molecule has 0 aliphatic carbocycles. The van der Waals surface area contributed by atoms with Crippen molar-refractivity contribution in [1.82, 2.24) is 5.32 Å². The summed E-state index contributed by atoms with van der Waals surface area (Å²) in [6.07, 6.45) is -0.393. The number of nitrogens with one attached hydrogen (secondary N) is 1. The molecule has 37 heavy (non-hydrogen) atoms. The summed E-state index contributed by atoms with van der Waals surface area (Å²) in [5.41, 5.74) is 0.361. The van der Waals surface area contributed by atoms with E-state index in [1.165, 1.54) is 16.6 Å². The Bertz CT molecular complexity index is 1140. The molecule has 4 rings (SSSR count). The Hall–Kier alpha value is -2.98. The summed E-state index contributed by atoms with van der Waals surface area (Å²) < 4.78 is 26.0. The second kappa shape index (κ2) is 10.8. The van der Waals surface area contributed by atoms with Crippen LogP contribution in [0.15, 0.2) is 72.4 Å². The predicted molar refractivity (Wildman–Crippen MR) is 143 cm³/mol. The fourth-order valence-electron chi connectivity index (χ4n) is 5.42. The summed E-state index contributed by atoms with van der Waals surface area (Å²) in [6, 6.07) is 25.1. The first-order chi connectivity index (χ1) is 17.6. The highest BCUT2D eigenvalue weighted by Gasteiger charge is 2.58. The molecule has 0 aromatic heterocycles. The second-order valence-electron chi connectivity index (χ2n) is 10.9. The van der Waals surface area contributed by atoms with Gasteiger partial charge in [-0.3, -0.25) is 0 Å². The van der Waals surface area contributed by atoms with E-state index < -0.39 is 38.5 Å². The topological polar surface area (TPSA) is 96.5 Å². The van der Waals surface area contributed by atoms with Crippen molar-refractivity contribution >= 4 is 18.7 Å². The highest BCUT2D eigenvalue weighted by Crippen LogP contribution is 2.42. The van der Waals surface area contributed by atoms with Gasteiger partial charge in [-0.25, -0.2) is 0 Å². The normalized spacial score (nSPS) is 25.2. The monoisotopic (exact) mass is 517 g/mol. The third-order valence-corrected chi connectivity index (χ3v) is 11.9. The average molecular weight is 518 g/mol. The van der Waals surface area contributed by atoms with Crippen LogP contribution in [-0.2, 0) is 18.6 Å². The molecule has 2 saturated heterocycles. The fourth-order valence-corrected chi connectivity index (χ4v) is 9.99. The van der Waals surface area contributed by atoms with Crippen molar-refractivity contribution in [3.8, 4) is 12.1 Å². The maximum atomic E-state index is 9.84. The molecule has 2 aromatic carbocycles. The van der Waals surface area contributed by atoms with E-state index in [2.05, 4.69) is 80.7 Å². The lowest BCUT2D eigenvalue weighted by molar-refractivity contribution is -0.185. The molecule has 2 aliphatic rings. The van der Waals surface area contributed by atoms with Crippen LogP contribution in [0.3, 0.4) is 0 Å². The number of hydrogen-bond acceptors (Lipinski definition) is 7. The van der Waals surface area contributed by atoms with Gasteiger partial charge in [-0.2, -0.15) is 10.5 Å². The van der Waals surface area contributed by atoms with Crippen molar-refractivity contribution in [1.29, 1.82) is 10.5 Å². The second-order valence-corrected chi connectivity index (χ2v) is 15.2. The van der Waals surface area contributed by atoms with Crippen LogP contribution in [-0.4, -0.2) is 51.7 Å². The third kappa shape index (κ3) is 5.36. The number of rotatable bonds is 8. The van der Waals surface area contributed by atoms with E-state index in [9.17, 15) is 5.26 Å². The lowest BCUT2D eigenvalue weighted by atomic mass is 10.0. The van der Waals surface area contributed by atoms with Gasteiger partial charge in [0.25, 0.3) is 8.32 Å². The molecule has 0 amide bonds. The van der Waals surface area contributed by atoms with Crippen LogP contribution in [0.25, 0.3) is 0 Å². The van der Waals surface area contributed by atoms with Gasteiger partial charge in [-0.05, 0) is 29.3 Å². The highest BCUT2D eigenvalue weighted by molar-refractivity contribution is 6.99. The van der Waals surface area contributed by atoms with Gasteiger partial charge in [0, 0.05) is 6.20 Å². The molecule has 2 fully saturated rings. The van der Waals surface area contributed by atoms with Gasteiger partial charge in [0.15, 0.2) is 5.79 Å². The molecule has 2 heterocycles. The lowest BCUT2D eigenvalue weighted by Crippen LogP contribution is -2.67. The van der Waals surface area contributed by atoms with Crippen LogP contribution in [0, 0.1) is 22.7 Å². The third-order valence-electron chi connectivity index (χ3n) is 6.91. The van der Waals surface area contributed by atoms with Crippen LogP contribution in [0.4, 0.5) is 0 Å². The Morgan fingerprint density at radius 3 is 2.08 bits per heavy atom. The first-order valence-electron chi connectivity index (χ1n) is 12.6. The molecule has 8 heteroatoms. The van der Waals surface area contributed by atoms with Crippen molar-refractivity contribution in [2.75, 3.05) is 13.2 Å². The average Bonchev–Trinajstić information content (AvgIpc) is 3.36. The van der Waals surface area contributed by atoms with Crippen LogP contribution < -0.4 is 15.7 Å². The quantitative estimate of drug-likeness (QED) is 0.248. The Morgan fingerprint density at radius 2 is 1.57 bits per heavy atom. The first kappa shape index (κ1) is 27.1. The lowest BCUT2D eigenvalue weighted by Gasteiger charge is -2.43. The molecule has 0 spiro atoms. The summed E-state index contributed by atoms with van der Waals surface area (Å²) in [4.78, 5) is 0. The molecule has 7 nitrogen and oxygen atoms in total. The molecular weight excluding hydrogens is 482 g/mol. The van der Waals surface area contributed by atoms with Gasteiger partial charge in [-0.15, -0.1) is 0 Å². The standard InChI is InChI=1S/C29H35N3O4Si/c1-28(2,3)37(22-12-8-6-9-13-22,23-14-10-7-11-15-23)33-20-24-26-27(36-29(4,5)35-26)25(34-24)21(18-31)19-32-17-16-30/h6-15,19,24-27,32H,17,20H2,1-5H3/b21-19+/t24-,25?,26-,27+/m1/s1. The molecule has 0 bridgehead atoms. The molecule has 0 radical (unpaired) electrons. The summed E-state index contributed by atoms with van der Waals surface area (Å²) in [5.74, 6) is -0.812. The minimum atomic E-state index is -2.78. The number of nitriles is 2. The van der Waals surface area contributed by atoms with E-state index in [1.54, 1.807) is 0 Å². The van der Waals surface area contributed by atoms with Crippen LogP contribution in [0.5, 0.6) is 0 Å². The molecule has 2 aromatic rings.